The van der Waals surface area contributed by atoms with Crippen molar-refractivity contribution in [3.8, 4) is 28.0 Å². The maximum Gasteiger partial charge on any atom is 0.417 e. The normalized spacial score (nSPS) is 14.5. The zero-order valence-corrected chi connectivity index (χ0v) is 41.1. The molecule has 0 atom stereocenters. The van der Waals surface area contributed by atoms with Crippen molar-refractivity contribution in [1.82, 2.24) is 0 Å². The summed E-state index contributed by atoms with van der Waals surface area (Å²) in [6.07, 6.45) is 12.6. The van der Waals surface area contributed by atoms with Crippen molar-refractivity contribution < 1.29 is 61.9 Å². The Morgan fingerprint density at radius 3 is 1.66 bits per heavy atom. The summed E-state index contributed by atoms with van der Waals surface area (Å²) >= 11 is 0. The second-order valence-corrected chi connectivity index (χ2v) is 17.8. The van der Waals surface area contributed by atoms with E-state index in [-0.39, 0.29) is 17.8 Å². The molecule has 13 heteroatoms. The molecule has 1 fully saturated rings. The van der Waals surface area contributed by atoms with Crippen molar-refractivity contribution in [3.63, 3.8) is 0 Å². The number of hydrogen-bond donors (Lipinski definition) is 0. The van der Waals surface area contributed by atoms with E-state index in [9.17, 15) is 28.8 Å². The van der Waals surface area contributed by atoms with Gasteiger partial charge in [0.25, 0.3) is 0 Å². The molecule has 1 saturated carbocycles. The average molecular weight is 939 g/mol. The fraction of sp³-hybridized carbons (Fsp3) is 0.491. The summed E-state index contributed by atoms with van der Waals surface area (Å²) in [5, 5.41) is 0. The molecule has 0 N–H and O–H groups in total. The lowest BCUT2D eigenvalue weighted by atomic mass is 9.77. The highest BCUT2D eigenvalue weighted by molar-refractivity contribution is 6.30. The molecule has 1 aliphatic rings. The highest BCUT2D eigenvalue weighted by Crippen LogP contribution is 2.40. The molecule has 13 nitrogen and oxygen atoms in total. The summed E-state index contributed by atoms with van der Waals surface area (Å²) < 4.78 is 37.0. The van der Waals surface area contributed by atoms with Crippen LogP contribution in [0.4, 0.5) is 0 Å². The molecule has 3 aromatic carbocycles. The first kappa shape index (κ1) is 54.4. The topological polar surface area (TPSA) is 167 Å². The number of rotatable bonds is 24. The highest BCUT2D eigenvalue weighted by Gasteiger charge is 2.39. The molecule has 3 aromatic rings. The van der Waals surface area contributed by atoms with Crippen molar-refractivity contribution in [2.24, 2.45) is 11.3 Å². The van der Waals surface area contributed by atoms with Gasteiger partial charge in [0.1, 0.15) is 37.6 Å². The van der Waals surface area contributed by atoms with Crippen LogP contribution in [0.15, 0.2) is 78.9 Å². The molecule has 0 bridgehead atoms. The molecule has 68 heavy (non-hydrogen) atoms. The van der Waals surface area contributed by atoms with E-state index in [1.54, 1.807) is 6.92 Å². The largest absolute Gasteiger partial charge is 0.492 e. The standard InChI is InChI=1S/C55H70O13/c1-10-13-14-16-38-18-20-41(21-19-38)42-22-24-43(25-23-42)44-26-27-46(39(11-2)29-44)47-30-45(17-15-28-64-49(56)36(4)5)48(31-40(47)12-3)65-32-55(33-66-50(57)37(6)7,34-67-53(60)51(58)62-8)35-68-54(61)52(59)63-9/h22-27,29-31,38,41H,4,6,10-21,28,32-35H2,1-3,5,7-9H3. The highest BCUT2D eigenvalue weighted by atomic mass is 16.6. The molecule has 1 aliphatic carbocycles. The van der Waals surface area contributed by atoms with E-state index in [2.05, 4.69) is 78.9 Å². The number of benzene rings is 3. The maximum absolute atomic E-state index is 12.7. The second-order valence-electron chi connectivity index (χ2n) is 17.8. The summed E-state index contributed by atoms with van der Waals surface area (Å²) in [6.45, 7) is 14.4. The number of unbranched alkanes of at least 4 members (excludes halogenated alkanes) is 2. The number of carbonyl (C=O) groups excluding carboxylic acids is 6. The molecular formula is C55H70O13. The number of esters is 6. The van der Waals surface area contributed by atoms with Crippen LogP contribution in [-0.2, 0) is 76.5 Å². The Balaban J connectivity index is 1.71. The summed E-state index contributed by atoms with van der Waals surface area (Å²) in [5.41, 5.74) is 7.18. The van der Waals surface area contributed by atoms with Crippen molar-refractivity contribution in [1.29, 1.82) is 0 Å². The summed E-state index contributed by atoms with van der Waals surface area (Å²) in [5.74, 6) is -4.80. The molecule has 0 heterocycles. The Morgan fingerprint density at radius 1 is 0.574 bits per heavy atom. The Hall–Kier alpha value is -6.24. The molecule has 0 aliphatic heterocycles. The quantitative estimate of drug-likeness (QED) is 0.0274. The molecule has 0 spiro atoms. The number of aryl methyl sites for hydroxylation is 3. The third kappa shape index (κ3) is 15.7. The molecule has 0 aromatic heterocycles. The van der Waals surface area contributed by atoms with Crippen LogP contribution in [0.2, 0.25) is 0 Å². The lowest BCUT2D eigenvalue weighted by Gasteiger charge is -2.32. The fourth-order valence-electron chi connectivity index (χ4n) is 8.38. The zero-order valence-electron chi connectivity index (χ0n) is 41.1. The predicted molar refractivity (Wildman–Crippen MR) is 259 cm³/mol. The maximum atomic E-state index is 12.7. The van der Waals surface area contributed by atoms with Gasteiger partial charge in [0.15, 0.2) is 0 Å². The number of carbonyl (C=O) groups is 6. The van der Waals surface area contributed by atoms with Gasteiger partial charge in [-0.3, -0.25) is 0 Å². The van der Waals surface area contributed by atoms with Gasteiger partial charge in [0, 0.05) is 11.1 Å². The lowest BCUT2D eigenvalue weighted by molar-refractivity contribution is -0.177. The van der Waals surface area contributed by atoms with Gasteiger partial charge in [-0.15, -0.1) is 0 Å². The smallest absolute Gasteiger partial charge is 0.417 e. The van der Waals surface area contributed by atoms with E-state index in [1.165, 1.54) is 63.9 Å². The van der Waals surface area contributed by atoms with E-state index in [0.717, 1.165) is 65.5 Å². The van der Waals surface area contributed by atoms with Crippen LogP contribution in [0.1, 0.15) is 121 Å². The van der Waals surface area contributed by atoms with Gasteiger partial charge < -0.3 is 33.2 Å². The number of methoxy groups -OCH3 is 2. The Kier molecular flexibility index (Phi) is 21.5. The van der Waals surface area contributed by atoms with E-state index in [4.69, 9.17) is 23.7 Å². The Morgan fingerprint density at radius 2 is 1.12 bits per heavy atom. The lowest BCUT2D eigenvalue weighted by Crippen LogP contribution is -2.45. The van der Waals surface area contributed by atoms with E-state index >= 15 is 0 Å². The van der Waals surface area contributed by atoms with Crippen LogP contribution in [0.25, 0.3) is 22.3 Å². The van der Waals surface area contributed by atoms with Gasteiger partial charge in [-0.25, -0.2) is 28.8 Å². The van der Waals surface area contributed by atoms with Crippen LogP contribution in [0, 0.1) is 11.3 Å². The minimum Gasteiger partial charge on any atom is -0.492 e. The Bertz CT molecular complexity index is 2220. The molecule has 0 radical (unpaired) electrons. The fourth-order valence-corrected chi connectivity index (χ4v) is 8.38. The minimum absolute atomic E-state index is 0.0498. The SMILES string of the molecule is C=C(C)C(=O)OCCCc1cc(-c2ccc(-c3ccc(C4CCC(CCCCC)CC4)cc3)cc2CC)c(CC)cc1OCC(COC(=O)C(=C)C)(COC(=O)C(=O)OC)COC(=O)C(=O)OC. The van der Waals surface area contributed by atoms with Crippen LogP contribution < -0.4 is 4.74 Å². The average Bonchev–Trinajstić information content (AvgIpc) is 3.36. The molecule has 0 saturated heterocycles. The van der Waals surface area contributed by atoms with Gasteiger partial charge in [-0.05, 0) is 134 Å². The predicted octanol–water partition coefficient (Wildman–Crippen LogP) is 9.97. The number of ether oxygens (including phenoxy) is 7. The third-order valence-corrected chi connectivity index (χ3v) is 12.5. The molecule has 0 unspecified atom stereocenters. The molecule has 368 valence electrons. The molecular weight excluding hydrogens is 869 g/mol. The number of hydrogen-bond acceptors (Lipinski definition) is 13. The summed E-state index contributed by atoms with van der Waals surface area (Å²) in [6, 6.07) is 19.6. The van der Waals surface area contributed by atoms with Crippen LogP contribution in [0.3, 0.4) is 0 Å². The second kappa shape index (κ2) is 26.9. The zero-order chi connectivity index (χ0) is 49.8. The van der Waals surface area contributed by atoms with Crippen molar-refractivity contribution in [2.45, 2.75) is 118 Å². The van der Waals surface area contributed by atoms with E-state index in [1.807, 2.05) is 19.1 Å². The molecule has 0 amide bonds. The molecule has 4 rings (SSSR count). The van der Waals surface area contributed by atoms with E-state index < -0.39 is 67.7 Å². The van der Waals surface area contributed by atoms with Gasteiger partial charge >= 0.3 is 35.8 Å². The first-order valence-corrected chi connectivity index (χ1v) is 23.8. The van der Waals surface area contributed by atoms with Gasteiger partial charge in [-0.1, -0.05) is 102 Å². The van der Waals surface area contributed by atoms with E-state index in [0.29, 0.717) is 30.9 Å². The van der Waals surface area contributed by atoms with Crippen LogP contribution >= 0.6 is 0 Å². The van der Waals surface area contributed by atoms with Gasteiger partial charge in [-0.2, -0.15) is 0 Å². The Labute approximate surface area is 401 Å². The van der Waals surface area contributed by atoms with Crippen LogP contribution in [0.5, 0.6) is 5.75 Å². The van der Waals surface area contributed by atoms with Crippen molar-refractivity contribution in [3.05, 3.63) is 101 Å². The summed E-state index contributed by atoms with van der Waals surface area (Å²) in [4.78, 5) is 74.2. The third-order valence-electron chi connectivity index (χ3n) is 12.5. The first-order valence-electron chi connectivity index (χ1n) is 23.8. The monoisotopic (exact) mass is 938 g/mol. The summed E-state index contributed by atoms with van der Waals surface area (Å²) in [7, 11) is 2.00. The van der Waals surface area contributed by atoms with Crippen LogP contribution in [-0.4, -0.2) is 83.1 Å². The van der Waals surface area contributed by atoms with Gasteiger partial charge in [0.2, 0.25) is 0 Å². The van der Waals surface area contributed by atoms with Gasteiger partial charge in [0.05, 0.1) is 20.8 Å². The first-order chi connectivity index (χ1) is 32.6. The minimum atomic E-state index is -1.69. The van der Waals surface area contributed by atoms with Crippen molar-refractivity contribution in [2.75, 3.05) is 47.3 Å². The van der Waals surface area contributed by atoms with Crippen molar-refractivity contribution >= 4 is 35.8 Å².